The van der Waals surface area contributed by atoms with Gasteiger partial charge in [0.15, 0.2) is 0 Å². The Morgan fingerprint density at radius 3 is 2.05 bits per heavy atom. The monoisotopic (exact) mass is 267 g/mol. The van der Waals surface area contributed by atoms with Crippen LogP contribution >= 0.6 is 0 Å². The van der Waals surface area contributed by atoms with Crippen LogP contribution in [0, 0.1) is 18.7 Å². The maximum Gasteiger partial charge on any atom is 0.146 e. The minimum Gasteiger partial charge on any atom is -0.369 e. The van der Waals surface area contributed by atoms with E-state index in [0.717, 1.165) is 30.3 Å². The van der Waals surface area contributed by atoms with Crippen LogP contribution in [-0.4, -0.2) is 13.1 Å². The van der Waals surface area contributed by atoms with Crippen LogP contribution in [0.5, 0.6) is 0 Å². The maximum atomic E-state index is 13.7. The van der Waals surface area contributed by atoms with Gasteiger partial charge in [0.1, 0.15) is 5.82 Å². The van der Waals surface area contributed by atoms with Crippen molar-refractivity contribution in [2.24, 2.45) is 5.92 Å². The molecule has 0 spiro atoms. The summed E-state index contributed by atoms with van der Waals surface area (Å²) in [6, 6.07) is 5.50. The predicted octanol–water partition coefficient (Wildman–Crippen LogP) is 5.42. The molecule has 0 amide bonds. The van der Waals surface area contributed by atoms with Crippen molar-refractivity contribution in [2.75, 3.05) is 18.0 Å². The second-order valence-electron chi connectivity index (χ2n) is 4.62. The third-order valence-corrected chi connectivity index (χ3v) is 3.23. The van der Waals surface area contributed by atoms with Crippen LogP contribution in [0.15, 0.2) is 18.2 Å². The van der Waals surface area contributed by atoms with Gasteiger partial charge in [-0.1, -0.05) is 40.7 Å². The molecule has 1 fully saturated rings. The molecule has 2 heteroatoms. The van der Waals surface area contributed by atoms with E-state index < -0.39 is 0 Å². The highest BCUT2D eigenvalue weighted by Crippen LogP contribution is 2.25. The molecule has 19 heavy (non-hydrogen) atoms. The van der Waals surface area contributed by atoms with Gasteiger partial charge < -0.3 is 4.90 Å². The van der Waals surface area contributed by atoms with Gasteiger partial charge >= 0.3 is 0 Å². The normalized spacial score (nSPS) is 15.0. The number of hydrogen-bond acceptors (Lipinski definition) is 1. The maximum absolute atomic E-state index is 13.7. The van der Waals surface area contributed by atoms with Crippen LogP contribution in [0.25, 0.3) is 0 Å². The van der Waals surface area contributed by atoms with Crippen LogP contribution in [0.3, 0.4) is 0 Å². The number of piperidine rings is 1. The first-order valence-electron chi connectivity index (χ1n) is 7.68. The molecule has 1 aliphatic rings. The number of halogens is 1. The Hall–Kier alpha value is -1.05. The zero-order valence-electron chi connectivity index (χ0n) is 13.5. The molecule has 1 saturated heterocycles. The van der Waals surface area contributed by atoms with Gasteiger partial charge in [-0.2, -0.15) is 0 Å². The molecule has 0 aliphatic carbocycles. The zero-order chi connectivity index (χ0) is 14.8. The minimum absolute atomic E-state index is 0.0791. The largest absolute Gasteiger partial charge is 0.369 e. The van der Waals surface area contributed by atoms with Crippen molar-refractivity contribution in [3.05, 3.63) is 29.6 Å². The van der Waals surface area contributed by atoms with Crippen LogP contribution in [-0.2, 0) is 0 Å². The first-order valence-corrected chi connectivity index (χ1v) is 7.68. The molecule has 110 valence electrons. The summed E-state index contributed by atoms with van der Waals surface area (Å²) in [7, 11) is 0. The fourth-order valence-electron chi connectivity index (χ4n) is 2.12. The summed E-state index contributed by atoms with van der Waals surface area (Å²) < 4.78 is 13.7. The molecule has 0 aromatic heterocycles. The van der Waals surface area contributed by atoms with Gasteiger partial charge in [-0.3, -0.25) is 0 Å². The summed E-state index contributed by atoms with van der Waals surface area (Å²) in [5.74, 6) is 0.708. The van der Waals surface area contributed by atoms with E-state index in [1.807, 2.05) is 46.8 Å². The quantitative estimate of drug-likeness (QED) is 0.656. The van der Waals surface area contributed by atoms with Gasteiger partial charge in [0.25, 0.3) is 0 Å². The molecule has 0 bridgehead atoms. The lowest BCUT2D eigenvalue weighted by Crippen LogP contribution is -2.33. The number of anilines is 1. The molecule has 0 unspecified atom stereocenters. The van der Waals surface area contributed by atoms with E-state index in [1.54, 1.807) is 6.07 Å². The van der Waals surface area contributed by atoms with Gasteiger partial charge in [-0.25, -0.2) is 4.39 Å². The Labute approximate surface area is 118 Å². The van der Waals surface area contributed by atoms with Crippen LogP contribution in [0.2, 0.25) is 0 Å². The Morgan fingerprint density at radius 1 is 1.05 bits per heavy atom. The van der Waals surface area contributed by atoms with Crippen LogP contribution < -0.4 is 4.90 Å². The lowest BCUT2D eigenvalue weighted by molar-refractivity contribution is 0.434. The number of aryl methyl sites for hydroxylation is 1. The molecule has 0 saturated carbocycles. The standard InChI is InChI=1S/C13H18FN.2C2H6/c1-10-5-7-15(8-6-10)13-4-3-11(2)9-12(13)14;2*1-2/h3-4,9-10H,5-8H2,1-2H3;2*1-2H3. The molecule has 1 aromatic carbocycles. The van der Waals surface area contributed by atoms with Crippen LogP contribution in [0.1, 0.15) is 53.0 Å². The van der Waals surface area contributed by atoms with Gasteiger partial charge in [0.05, 0.1) is 5.69 Å². The summed E-state index contributed by atoms with van der Waals surface area (Å²) in [6.07, 6.45) is 2.35. The van der Waals surface area contributed by atoms with Gasteiger partial charge in [-0.15, -0.1) is 0 Å². The Balaban J connectivity index is 0.000000741. The van der Waals surface area contributed by atoms with Crippen molar-refractivity contribution < 1.29 is 4.39 Å². The molecule has 2 rings (SSSR count). The summed E-state index contributed by atoms with van der Waals surface area (Å²) in [6.45, 7) is 14.2. The van der Waals surface area contributed by atoms with Crippen molar-refractivity contribution in [1.82, 2.24) is 0 Å². The van der Waals surface area contributed by atoms with E-state index in [-0.39, 0.29) is 5.82 Å². The molecular formula is C17H30FN. The second-order valence-corrected chi connectivity index (χ2v) is 4.62. The highest BCUT2D eigenvalue weighted by molar-refractivity contribution is 5.49. The molecule has 0 radical (unpaired) electrons. The first kappa shape index (κ1) is 17.9. The molecule has 1 nitrogen and oxygen atoms in total. The first-order chi connectivity index (χ1) is 9.16. The van der Waals surface area contributed by atoms with E-state index in [1.165, 1.54) is 12.8 Å². The SMILES string of the molecule is CC.CC.Cc1ccc(N2CCC(C)CC2)c(F)c1. The zero-order valence-corrected chi connectivity index (χ0v) is 13.5. The second kappa shape index (κ2) is 9.82. The van der Waals surface area contributed by atoms with E-state index >= 15 is 0 Å². The lowest BCUT2D eigenvalue weighted by Gasteiger charge is -2.32. The van der Waals surface area contributed by atoms with Crippen molar-refractivity contribution >= 4 is 5.69 Å². The van der Waals surface area contributed by atoms with E-state index in [4.69, 9.17) is 0 Å². The summed E-state index contributed by atoms with van der Waals surface area (Å²) >= 11 is 0. The summed E-state index contributed by atoms with van der Waals surface area (Å²) in [5.41, 5.74) is 1.76. The fourth-order valence-corrected chi connectivity index (χ4v) is 2.12. The predicted molar refractivity (Wildman–Crippen MR) is 84.4 cm³/mol. The smallest absolute Gasteiger partial charge is 0.146 e. The highest BCUT2D eigenvalue weighted by atomic mass is 19.1. The average Bonchev–Trinajstić information content (AvgIpc) is 2.45. The minimum atomic E-state index is -0.0791. The van der Waals surface area contributed by atoms with Gasteiger partial charge in [0.2, 0.25) is 0 Å². The summed E-state index contributed by atoms with van der Waals surface area (Å²) in [4.78, 5) is 2.16. The van der Waals surface area contributed by atoms with E-state index in [9.17, 15) is 4.39 Å². The van der Waals surface area contributed by atoms with E-state index in [2.05, 4.69) is 11.8 Å². The molecule has 1 aliphatic heterocycles. The number of benzene rings is 1. The van der Waals surface area contributed by atoms with Crippen molar-refractivity contribution in [3.63, 3.8) is 0 Å². The van der Waals surface area contributed by atoms with Gasteiger partial charge in [-0.05, 0) is 43.4 Å². The highest BCUT2D eigenvalue weighted by Gasteiger charge is 2.18. The Bertz CT molecular complexity index is 341. The van der Waals surface area contributed by atoms with Crippen LogP contribution in [0.4, 0.5) is 10.1 Å². The fraction of sp³-hybridized carbons (Fsp3) is 0.647. The number of hydrogen-bond donors (Lipinski definition) is 0. The molecular weight excluding hydrogens is 237 g/mol. The molecule has 0 atom stereocenters. The number of nitrogens with zero attached hydrogens (tertiary/aromatic N) is 1. The van der Waals surface area contributed by atoms with E-state index in [0.29, 0.717) is 0 Å². The Morgan fingerprint density at radius 2 is 1.58 bits per heavy atom. The molecule has 1 aromatic rings. The van der Waals surface area contributed by atoms with Crippen molar-refractivity contribution in [1.29, 1.82) is 0 Å². The van der Waals surface area contributed by atoms with Crippen molar-refractivity contribution in [3.8, 4) is 0 Å². The molecule has 0 N–H and O–H groups in total. The molecule has 1 heterocycles. The lowest BCUT2D eigenvalue weighted by atomic mass is 9.98. The Kier molecular flexibility index (Phi) is 9.28. The summed E-state index contributed by atoms with van der Waals surface area (Å²) in [5, 5.41) is 0. The van der Waals surface area contributed by atoms with Gasteiger partial charge in [0, 0.05) is 13.1 Å². The van der Waals surface area contributed by atoms with Crippen molar-refractivity contribution in [2.45, 2.75) is 54.4 Å². The average molecular weight is 267 g/mol. The third-order valence-electron chi connectivity index (χ3n) is 3.23. The topological polar surface area (TPSA) is 3.24 Å². The third kappa shape index (κ3) is 5.63. The number of rotatable bonds is 1.